The lowest BCUT2D eigenvalue weighted by molar-refractivity contribution is -0.117. The van der Waals surface area contributed by atoms with E-state index in [1.165, 1.54) is 18.0 Å². The SMILES string of the molecule is CNCCOCCOCCOCCOCCC(=O)Nc1cccc(NSc2ccc(-c3cnc(N)c(-c4ccc5c(c4)CCNC5=O)c3)c(F)c2)c1. The molecule has 52 heavy (non-hydrogen) atoms. The summed E-state index contributed by atoms with van der Waals surface area (Å²) in [5.41, 5.74) is 11.7. The number of nitrogens with one attached hydrogen (secondary N) is 4. The zero-order chi connectivity index (χ0) is 36.5. The fraction of sp³-hybridized carbons (Fsp3) is 0.342. The van der Waals surface area contributed by atoms with Crippen molar-refractivity contribution in [1.29, 1.82) is 0 Å². The number of pyridine rings is 1. The molecule has 12 nitrogen and oxygen atoms in total. The first-order valence-electron chi connectivity index (χ1n) is 17.2. The second-order valence-corrected chi connectivity index (χ2v) is 12.7. The molecular formula is C38H45FN6O6S. The minimum absolute atomic E-state index is 0.0895. The van der Waals surface area contributed by atoms with Crippen molar-refractivity contribution in [2.45, 2.75) is 17.7 Å². The van der Waals surface area contributed by atoms with Crippen molar-refractivity contribution in [2.75, 3.05) is 88.8 Å². The Bertz CT molecular complexity index is 1800. The minimum Gasteiger partial charge on any atom is -0.383 e. The number of amides is 2. The average molecular weight is 733 g/mol. The number of nitrogens with two attached hydrogens (primary N) is 1. The van der Waals surface area contributed by atoms with Crippen molar-refractivity contribution in [3.05, 3.63) is 89.9 Å². The van der Waals surface area contributed by atoms with E-state index in [-0.39, 0.29) is 24.8 Å². The van der Waals surface area contributed by atoms with Crippen molar-refractivity contribution in [1.82, 2.24) is 15.6 Å². The summed E-state index contributed by atoms with van der Waals surface area (Å²) in [7, 11) is 1.88. The Morgan fingerprint density at radius 2 is 1.56 bits per heavy atom. The van der Waals surface area contributed by atoms with Gasteiger partial charge in [-0.25, -0.2) is 9.37 Å². The van der Waals surface area contributed by atoms with E-state index < -0.39 is 5.82 Å². The van der Waals surface area contributed by atoms with Crippen LogP contribution in [0.25, 0.3) is 22.3 Å². The Labute approximate surface area is 307 Å². The van der Waals surface area contributed by atoms with Crippen molar-refractivity contribution >= 4 is 41.0 Å². The number of fused-ring (bicyclic) bond motifs is 1. The van der Waals surface area contributed by atoms with Crippen molar-refractivity contribution in [3.63, 3.8) is 0 Å². The Morgan fingerprint density at radius 3 is 2.31 bits per heavy atom. The molecule has 1 aliphatic heterocycles. The highest BCUT2D eigenvalue weighted by atomic mass is 32.2. The lowest BCUT2D eigenvalue weighted by Crippen LogP contribution is -2.31. The van der Waals surface area contributed by atoms with Gasteiger partial charge in [0.05, 0.1) is 59.3 Å². The molecule has 0 saturated heterocycles. The Morgan fingerprint density at radius 1 is 0.846 bits per heavy atom. The molecule has 0 saturated carbocycles. The molecule has 0 spiro atoms. The topological polar surface area (TPSA) is 158 Å². The lowest BCUT2D eigenvalue weighted by atomic mass is 9.94. The number of hydrogen-bond acceptors (Lipinski definition) is 11. The molecule has 0 radical (unpaired) electrons. The van der Waals surface area contributed by atoms with Gasteiger partial charge in [0.25, 0.3) is 5.91 Å². The van der Waals surface area contributed by atoms with Gasteiger partial charge in [0, 0.05) is 57.8 Å². The van der Waals surface area contributed by atoms with Crippen LogP contribution in [0.15, 0.2) is 77.8 Å². The summed E-state index contributed by atoms with van der Waals surface area (Å²) in [4.78, 5) is 29.6. The van der Waals surface area contributed by atoms with Crippen LogP contribution in [0.5, 0.6) is 0 Å². The van der Waals surface area contributed by atoms with E-state index in [2.05, 4.69) is 25.7 Å². The number of rotatable bonds is 21. The highest BCUT2D eigenvalue weighted by Crippen LogP contribution is 2.34. The molecule has 2 amide bonds. The van der Waals surface area contributed by atoms with Gasteiger partial charge in [-0.1, -0.05) is 24.3 Å². The molecule has 3 aromatic carbocycles. The van der Waals surface area contributed by atoms with E-state index in [0.29, 0.717) is 91.4 Å². The summed E-state index contributed by atoms with van der Waals surface area (Å²) in [5, 5.41) is 8.73. The first-order valence-corrected chi connectivity index (χ1v) is 18.0. The molecule has 6 N–H and O–H groups in total. The van der Waals surface area contributed by atoms with Crippen LogP contribution in [-0.2, 0) is 30.2 Å². The number of anilines is 3. The summed E-state index contributed by atoms with van der Waals surface area (Å²) in [5.74, 6) is -0.349. The fourth-order valence-electron chi connectivity index (χ4n) is 5.35. The highest BCUT2D eigenvalue weighted by Gasteiger charge is 2.18. The summed E-state index contributed by atoms with van der Waals surface area (Å²) in [6.45, 7) is 5.15. The number of nitrogens with zero attached hydrogens (tertiary/aromatic N) is 1. The van der Waals surface area contributed by atoms with Gasteiger partial charge >= 0.3 is 0 Å². The van der Waals surface area contributed by atoms with Crippen LogP contribution in [0.1, 0.15) is 22.3 Å². The van der Waals surface area contributed by atoms with E-state index in [0.717, 1.165) is 29.8 Å². The third-order valence-corrected chi connectivity index (χ3v) is 8.86. The summed E-state index contributed by atoms with van der Waals surface area (Å²) >= 11 is 1.25. The lowest BCUT2D eigenvalue weighted by Gasteiger charge is -2.18. The Balaban J connectivity index is 1.03. The minimum atomic E-state index is -0.410. The normalized spacial score (nSPS) is 12.3. The quantitative estimate of drug-likeness (QED) is 0.0570. The molecule has 0 atom stereocenters. The van der Waals surface area contributed by atoms with E-state index in [9.17, 15) is 9.59 Å². The second kappa shape index (κ2) is 20.5. The number of carbonyl (C=O) groups excluding carboxylic acids is 2. The maximum atomic E-state index is 15.4. The van der Waals surface area contributed by atoms with Crippen LogP contribution in [-0.4, -0.2) is 89.8 Å². The third kappa shape index (κ3) is 11.7. The second-order valence-electron chi connectivity index (χ2n) is 11.8. The number of ether oxygens (including phenoxy) is 4. The third-order valence-electron chi connectivity index (χ3n) is 8.03. The number of likely N-dealkylation sites (N-methyl/N-ethyl adjacent to an activating group) is 1. The number of aromatic nitrogens is 1. The van der Waals surface area contributed by atoms with Gasteiger partial charge < -0.3 is 45.4 Å². The van der Waals surface area contributed by atoms with Crippen LogP contribution in [0.2, 0.25) is 0 Å². The van der Waals surface area contributed by atoms with Gasteiger partial charge in [-0.15, -0.1) is 0 Å². The highest BCUT2D eigenvalue weighted by molar-refractivity contribution is 8.00. The van der Waals surface area contributed by atoms with Crippen LogP contribution < -0.4 is 26.4 Å². The first kappa shape index (κ1) is 38.7. The van der Waals surface area contributed by atoms with Gasteiger partial charge in [0.15, 0.2) is 0 Å². The maximum absolute atomic E-state index is 15.4. The van der Waals surface area contributed by atoms with Crippen LogP contribution in [0, 0.1) is 5.82 Å². The standard InChI is InChI=1S/C38H45FN6O6S/c1-41-12-14-49-16-18-51-20-19-50-17-15-48-13-10-36(46)44-29-3-2-4-30(23-29)45-52-31-6-8-32(35(39)24-31)28-22-34(37(40)43-25-28)26-5-7-33-27(21-26)9-11-42-38(33)47/h2-8,21-25,41,45H,9-20H2,1H3,(H2,40,43)(H,42,47)(H,44,46). The summed E-state index contributed by atoms with van der Waals surface area (Å²) in [6, 6.07) is 19.6. The fourth-order valence-corrected chi connectivity index (χ4v) is 6.01. The van der Waals surface area contributed by atoms with Crippen molar-refractivity contribution < 1.29 is 32.9 Å². The van der Waals surface area contributed by atoms with Gasteiger partial charge in [-0.05, 0) is 79.0 Å². The van der Waals surface area contributed by atoms with E-state index in [1.54, 1.807) is 30.5 Å². The summed E-state index contributed by atoms with van der Waals surface area (Å²) < 4.78 is 40.4. The van der Waals surface area contributed by atoms with Gasteiger partial charge in [-0.2, -0.15) is 0 Å². The molecule has 0 unspecified atom stereocenters. The predicted octanol–water partition coefficient (Wildman–Crippen LogP) is 5.16. The molecule has 0 bridgehead atoms. The zero-order valence-corrected chi connectivity index (χ0v) is 30.0. The van der Waals surface area contributed by atoms with Gasteiger partial charge in [0.2, 0.25) is 5.91 Å². The number of hydrogen-bond donors (Lipinski definition) is 5. The number of benzene rings is 3. The van der Waals surface area contributed by atoms with Crippen LogP contribution >= 0.6 is 11.9 Å². The molecule has 1 aromatic heterocycles. The molecular weight excluding hydrogens is 688 g/mol. The maximum Gasteiger partial charge on any atom is 0.251 e. The predicted molar refractivity (Wildman–Crippen MR) is 202 cm³/mol. The molecule has 4 aromatic rings. The Kier molecular flexibility index (Phi) is 15.2. The Hall–Kier alpha value is -4.57. The smallest absolute Gasteiger partial charge is 0.251 e. The molecule has 14 heteroatoms. The number of halogens is 1. The molecule has 2 heterocycles. The number of nitrogen functional groups attached to an aromatic ring is 1. The van der Waals surface area contributed by atoms with Gasteiger partial charge in [-0.3, -0.25) is 9.59 Å². The molecule has 276 valence electrons. The molecule has 5 rings (SSSR count). The van der Waals surface area contributed by atoms with E-state index in [4.69, 9.17) is 24.7 Å². The first-order chi connectivity index (χ1) is 25.4. The van der Waals surface area contributed by atoms with E-state index in [1.807, 2.05) is 43.4 Å². The van der Waals surface area contributed by atoms with E-state index >= 15 is 4.39 Å². The monoisotopic (exact) mass is 732 g/mol. The zero-order valence-electron chi connectivity index (χ0n) is 29.2. The van der Waals surface area contributed by atoms with Crippen LogP contribution in [0.3, 0.4) is 0 Å². The summed E-state index contributed by atoms with van der Waals surface area (Å²) in [6.07, 6.45) is 2.48. The molecule has 1 aliphatic rings. The van der Waals surface area contributed by atoms with Gasteiger partial charge in [0.1, 0.15) is 11.6 Å². The molecule has 0 aliphatic carbocycles. The molecule has 0 fully saturated rings. The van der Waals surface area contributed by atoms with Crippen LogP contribution in [0.4, 0.5) is 21.6 Å². The average Bonchev–Trinajstić information content (AvgIpc) is 3.14. The number of carbonyl (C=O) groups is 2. The largest absolute Gasteiger partial charge is 0.383 e. The van der Waals surface area contributed by atoms with Crippen molar-refractivity contribution in [2.24, 2.45) is 0 Å². The van der Waals surface area contributed by atoms with Crippen molar-refractivity contribution in [3.8, 4) is 22.3 Å².